The summed E-state index contributed by atoms with van der Waals surface area (Å²) in [5, 5.41) is 9.03. The summed E-state index contributed by atoms with van der Waals surface area (Å²) in [6.45, 7) is 3.40. The first-order chi connectivity index (χ1) is 8.74. The Hall–Kier alpha value is -1.33. The van der Waals surface area contributed by atoms with Gasteiger partial charge in [0, 0.05) is 18.9 Å². The van der Waals surface area contributed by atoms with E-state index in [4.69, 9.17) is 9.84 Å². The molecule has 5 heteroatoms. The molecule has 0 atom stereocenters. The van der Waals surface area contributed by atoms with Gasteiger partial charge in [-0.15, -0.1) is 0 Å². The van der Waals surface area contributed by atoms with Crippen molar-refractivity contribution in [3.05, 3.63) is 46.5 Å². The number of hydrogen-bond donors (Lipinski definition) is 1. The number of ether oxygens (including phenoxy) is 1. The maximum absolute atomic E-state index is 9.03. The van der Waals surface area contributed by atoms with Crippen molar-refractivity contribution in [2.45, 2.75) is 26.7 Å². The van der Waals surface area contributed by atoms with E-state index in [1.807, 2.05) is 29.0 Å². The lowest BCUT2D eigenvalue weighted by molar-refractivity contribution is 0.278. The van der Waals surface area contributed by atoms with Crippen LogP contribution in [0.3, 0.4) is 0 Å². The summed E-state index contributed by atoms with van der Waals surface area (Å²) in [6, 6.07) is 5.53. The summed E-state index contributed by atoms with van der Waals surface area (Å²) < 4.78 is 8.59. The SMILES string of the molecule is CCn1ccnc1COc1ccc(CO)cc1Br. The van der Waals surface area contributed by atoms with Crippen LogP contribution in [-0.2, 0) is 19.8 Å². The predicted molar refractivity (Wildman–Crippen MR) is 72.3 cm³/mol. The monoisotopic (exact) mass is 310 g/mol. The molecular formula is C13H15BrN2O2. The van der Waals surface area contributed by atoms with Crippen molar-refractivity contribution in [1.29, 1.82) is 0 Å². The maximum atomic E-state index is 9.03. The highest BCUT2D eigenvalue weighted by atomic mass is 79.9. The molecule has 4 nitrogen and oxygen atoms in total. The summed E-state index contributed by atoms with van der Waals surface area (Å²) in [4.78, 5) is 4.25. The van der Waals surface area contributed by atoms with Crippen LogP contribution >= 0.6 is 15.9 Å². The van der Waals surface area contributed by atoms with Crippen molar-refractivity contribution >= 4 is 15.9 Å². The Morgan fingerprint density at radius 3 is 2.94 bits per heavy atom. The lowest BCUT2D eigenvalue weighted by Crippen LogP contribution is -2.05. The van der Waals surface area contributed by atoms with Crippen LogP contribution in [0.1, 0.15) is 18.3 Å². The third kappa shape index (κ3) is 2.91. The number of aliphatic hydroxyl groups excluding tert-OH is 1. The van der Waals surface area contributed by atoms with E-state index in [0.29, 0.717) is 6.61 Å². The number of aliphatic hydroxyl groups is 1. The van der Waals surface area contributed by atoms with E-state index in [1.54, 1.807) is 6.20 Å². The molecule has 0 unspecified atom stereocenters. The van der Waals surface area contributed by atoms with Crippen LogP contribution in [0, 0.1) is 0 Å². The highest BCUT2D eigenvalue weighted by Gasteiger charge is 2.05. The number of imidazole rings is 1. The van der Waals surface area contributed by atoms with Gasteiger partial charge in [-0.2, -0.15) is 0 Å². The molecule has 0 aliphatic rings. The first kappa shape index (κ1) is 13.1. The van der Waals surface area contributed by atoms with Crippen LogP contribution in [0.4, 0.5) is 0 Å². The van der Waals surface area contributed by atoms with Crippen LogP contribution in [0.25, 0.3) is 0 Å². The average molecular weight is 311 g/mol. The molecule has 1 aromatic carbocycles. The van der Waals surface area contributed by atoms with Gasteiger partial charge in [-0.3, -0.25) is 0 Å². The first-order valence-corrected chi connectivity index (χ1v) is 6.56. The molecule has 0 aliphatic carbocycles. The second kappa shape index (κ2) is 6.02. The summed E-state index contributed by atoms with van der Waals surface area (Å²) in [5.41, 5.74) is 0.851. The number of nitrogens with zero attached hydrogens (tertiary/aromatic N) is 2. The molecule has 2 aromatic rings. The Bertz CT molecular complexity index is 525. The van der Waals surface area contributed by atoms with Gasteiger partial charge in [-0.25, -0.2) is 4.98 Å². The number of halogens is 1. The first-order valence-electron chi connectivity index (χ1n) is 5.76. The average Bonchev–Trinajstić information content (AvgIpc) is 2.84. The molecule has 2 rings (SSSR count). The second-order valence-electron chi connectivity index (χ2n) is 3.84. The second-order valence-corrected chi connectivity index (χ2v) is 4.70. The topological polar surface area (TPSA) is 47.3 Å². The van der Waals surface area contributed by atoms with Gasteiger partial charge in [0.15, 0.2) is 0 Å². The molecule has 0 fully saturated rings. The Kier molecular flexibility index (Phi) is 4.38. The predicted octanol–water partition coefficient (Wildman–Crippen LogP) is 2.74. The zero-order valence-corrected chi connectivity index (χ0v) is 11.7. The highest BCUT2D eigenvalue weighted by Crippen LogP contribution is 2.26. The molecule has 0 saturated heterocycles. The number of aromatic nitrogens is 2. The molecule has 0 amide bonds. The normalized spacial score (nSPS) is 10.6. The van der Waals surface area contributed by atoms with Gasteiger partial charge in [0.25, 0.3) is 0 Å². The Morgan fingerprint density at radius 2 is 2.28 bits per heavy atom. The van der Waals surface area contributed by atoms with Gasteiger partial charge in [0.05, 0.1) is 11.1 Å². The van der Waals surface area contributed by atoms with Crippen LogP contribution in [-0.4, -0.2) is 14.7 Å². The van der Waals surface area contributed by atoms with Crippen LogP contribution in [0.5, 0.6) is 5.75 Å². The molecule has 0 bridgehead atoms. The minimum absolute atomic E-state index is 0.0269. The van der Waals surface area contributed by atoms with Crippen LogP contribution in [0.2, 0.25) is 0 Å². The summed E-state index contributed by atoms with van der Waals surface area (Å²) in [7, 11) is 0. The quantitative estimate of drug-likeness (QED) is 0.923. The molecular weight excluding hydrogens is 296 g/mol. The van der Waals surface area contributed by atoms with Gasteiger partial charge >= 0.3 is 0 Å². The lowest BCUT2D eigenvalue weighted by Gasteiger charge is -2.10. The zero-order chi connectivity index (χ0) is 13.0. The zero-order valence-electron chi connectivity index (χ0n) is 10.1. The molecule has 0 aliphatic heterocycles. The molecule has 0 radical (unpaired) electrons. The molecule has 1 N–H and O–H groups in total. The molecule has 0 spiro atoms. The minimum Gasteiger partial charge on any atom is -0.484 e. The number of aryl methyl sites for hydroxylation is 1. The van der Waals surface area contributed by atoms with Crippen molar-refractivity contribution in [3.8, 4) is 5.75 Å². The van der Waals surface area contributed by atoms with Gasteiger partial charge in [0.2, 0.25) is 0 Å². The largest absolute Gasteiger partial charge is 0.484 e. The number of rotatable bonds is 5. The molecule has 1 aromatic heterocycles. The van der Waals surface area contributed by atoms with Gasteiger partial charge in [-0.1, -0.05) is 6.07 Å². The third-order valence-electron chi connectivity index (χ3n) is 2.68. The van der Waals surface area contributed by atoms with Crippen molar-refractivity contribution < 1.29 is 9.84 Å². The van der Waals surface area contributed by atoms with E-state index in [1.165, 1.54) is 0 Å². The minimum atomic E-state index is 0.0269. The fraction of sp³-hybridized carbons (Fsp3) is 0.308. The molecule has 18 heavy (non-hydrogen) atoms. The summed E-state index contributed by atoms with van der Waals surface area (Å²) in [6.07, 6.45) is 3.70. The van der Waals surface area contributed by atoms with E-state index in [-0.39, 0.29) is 6.61 Å². The van der Waals surface area contributed by atoms with Gasteiger partial charge in [-0.05, 0) is 40.5 Å². The molecule has 1 heterocycles. The van der Waals surface area contributed by atoms with E-state index in [0.717, 1.165) is 28.2 Å². The number of benzene rings is 1. The van der Waals surface area contributed by atoms with E-state index in [9.17, 15) is 0 Å². The van der Waals surface area contributed by atoms with E-state index in [2.05, 4.69) is 27.8 Å². The smallest absolute Gasteiger partial charge is 0.146 e. The number of hydrogen-bond acceptors (Lipinski definition) is 3. The van der Waals surface area contributed by atoms with Crippen LogP contribution in [0.15, 0.2) is 35.1 Å². The van der Waals surface area contributed by atoms with Crippen molar-refractivity contribution in [3.63, 3.8) is 0 Å². The highest BCUT2D eigenvalue weighted by molar-refractivity contribution is 9.10. The van der Waals surface area contributed by atoms with Gasteiger partial charge < -0.3 is 14.4 Å². The standard InChI is InChI=1S/C13H15BrN2O2/c1-2-16-6-5-15-13(16)9-18-12-4-3-10(8-17)7-11(12)14/h3-7,17H,2,8-9H2,1H3. The van der Waals surface area contributed by atoms with E-state index >= 15 is 0 Å². The third-order valence-corrected chi connectivity index (χ3v) is 3.30. The Balaban J connectivity index is 2.06. The van der Waals surface area contributed by atoms with E-state index < -0.39 is 0 Å². The maximum Gasteiger partial charge on any atom is 0.146 e. The van der Waals surface area contributed by atoms with Gasteiger partial charge in [0.1, 0.15) is 18.2 Å². The van der Waals surface area contributed by atoms with Crippen LogP contribution < -0.4 is 4.74 Å². The molecule has 0 saturated carbocycles. The molecule has 96 valence electrons. The fourth-order valence-electron chi connectivity index (χ4n) is 1.67. The Labute approximate surface area is 114 Å². The summed E-state index contributed by atoms with van der Waals surface area (Å²) >= 11 is 3.42. The lowest BCUT2D eigenvalue weighted by atomic mass is 10.2. The van der Waals surface area contributed by atoms with Crippen molar-refractivity contribution in [2.75, 3.05) is 0 Å². The van der Waals surface area contributed by atoms with Crippen molar-refractivity contribution in [1.82, 2.24) is 9.55 Å². The fourth-order valence-corrected chi connectivity index (χ4v) is 2.21. The Morgan fingerprint density at radius 1 is 1.44 bits per heavy atom. The summed E-state index contributed by atoms with van der Waals surface area (Å²) in [5.74, 6) is 1.65. The van der Waals surface area contributed by atoms with Crippen molar-refractivity contribution in [2.24, 2.45) is 0 Å².